The number of nitrogen functional groups attached to an aromatic ring is 1. The first-order chi connectivity index (χ1) is 8.99. The van der Waals surface area contributed by atoms with Gasteiger partial charge in [-0.25, -0.2) is 0 Å². The molecular weight excluding hydrogens is 264 g/mol. The summed E-state index contributed by atoms with van der Waals surface area (Å²) in [5.74, 6) is -0.0519. The minimum absolute atomic E-state index is 0.204. The van der Waals surface area contributed by atoms with Gasteiger partial charge in [-0.1, -0.05) is 38.3 Å². The lowest BCUT2D eigenvalue weighted by Gasteiger charge is -2.20. The minimum atomic E-state index is -0.524. The highest BCUT2D eigenvalue weighted by molar-refractivity contribution is 6.33. The normalized spacial score (nSPS) is 12.5. The molecule has 0 heterocycles. The van der Waals surface area contributed by atoms with Crippen molar-refractivity contribution in [2.24, 2.45) is 5.92 Å². The van der Waals surface area contributed by atoms with E-state index < -0.39 is 6.10 Å². The number of anilines is 1. The predicted molar refractivity (Wildman–Crippen MR) is 78.3 cm³/mol. The molecule has 0 spiro atoms. The van der Waals surface area contributed by atoms with E-state index in [9.17, 15) is 9.90 Å². The largest absolute Gasteiger partial charge is 0.398 e. The van der Waals surface area contributed by atoms with Crippen LogP contribution in [0, 0.1) is 5.92 Å². The molecular formula is C14H21ClN2O2. The second-order valence-electron chi connectivity index (χ2n) is 4.59. The molecule has 19 heavy (non-hydrogen) atoms. The molecule has 1 atom stereocenters. The number of benzene rings is 1. The summed E-state index contributed by atoms with van der Waals surface area (Å²) in [6, 6.07) is 4.72. The summed E-state index contributed by atoms with van der Waals surface area (Å²) in [5, 5.41) is 13.1. The number of hydrogen-bond donors (Lipinski definition) is 3. The molecule has 0 radical (unpaired) electrons. The molecule has 0 aliphatic carbocycles. The van der Waals surface area contributed by atoms with Gasteiger partial charge in [-0.3, -0.25) is 4.79 Å². The van der Waals surface area contributed by atoms with Crippen molar-refractivity contribution < 1.29 is 9.90 Å². The number of nitrogens with two attached hydrogens (primary N) is 1. The van der Waals surface area contributed by atoms with Gasteiger partial charge in [0, 0.05) is 12.1 Å². The van der Waals surface area contributed by atoms with Gasteiger partial charge in [-0.15, -0.1) is 0 Å². The SMILES string of the molecule is CCC(CC)C(O)CNC(=O)c1ccc(Cl)c(N)c1. The molecule has 1 aromatic rings. The monoisotopic (exact) mass is 284 g/mol. The highest BCUT2D eigenvalue weighted by atomic mass is 35.5. The second kappa shape index (κ2) is 7.36. The number of rotatable bonds is 6. The van der Waals surface area contributed by atoms with Crippen molar-refractivity contribution in [3.63, 3.8) is 0 Å². The second-order valence-corrected chi connectivity index (χ2v) is 5.00. The Hall–Kier alpha value is -1.26. The van der Waals surface area contributed by atoms with Crippen LogP contribution in [0.4, 0.5) is 5.69 Å². The molecule has 1 amide bonds. The first-order valence-electron chi connectivity index (χ1n) is 6.50. The van der Waals surface area contributed by atoms with Crippen LogP contribution in [0.15, 0.2) is 18.2 Å². The molecule has 4 N–H and O–H groups in total. The number of aliphatic hydroxyl groups excluding tert-OH is 1. The van der Waals surface area contributed by atoms with E-state index in [1.807, 2.05) is 13.8 Å². The van der Waals surface area contributed by atoms with Crippen LogP contribution >= 0.6 is 11.6 Å². The zero-order valence-electron chi connectivity index (χ0n) is 11.3. The molecule has 0 aromatic heterocycles. The molecule has 1 aromatic carbocycles. The number of amides is 1. The zero-order chi connectivity index (χ0) is 14.4. The van der Waals surface area contributed by atoms with Gasteiger partial charge >= 0.3 is 0 Å². The maximum atomic E-state index is 11.9. The van der Waals surface area contributed by atoms with E-state index in [-0.39, 0.29) is 18.4 Å². The van der Waals surface area contributed by atoms with E-state index in [0.717, 1.165) is 12.8 Å². The van der Waals surface area contributed by atoms with E-state index >= 15 is 0 Å². The standard InChI is InChI=1S/C14H21ClN2O2/c1-3-9(4-2)13(18)8-17-14(19)10-5-6-11(15)12(16)7-10/h5-7,9,13,18H,3-4,8,16H2,1-2H3,(H,17,19). The maximum Gasteiger partial charge on any atom is 0.251 e. The third kappa shape index (κ3) is 4.40. The number of carbonyl (C=O) groups is 1. The van der Waals surface area contributed by atoms with Crippen LogP contribution in [0.1, 0.15) is 37.0 Å². The van der Waals surface area contributed by atoms with Gasteiger partial charge < -0.3 is 16.2 Å². The van der Waals surface area contributed by atoms with Gasteiger partial charge in [-0.2, -0.15) is 0 Å². The molecule has 106 valence electrons. The van der Waals surface area contributed by atoms with Gasteiger partial charge in [0.05, 0.1) is 16.8 Å². The van der Waals surface area contributed by atoms with Crippen LogP contribution in [0.2, 0.25) is 5.02 Å². The average molecular weight is 285 g/mol. The fourth-order valence-corrected chi connectivity index (χ4v) is 2.10. The zero-order valence-corrected chi connectivity index (χ0v) is 12.1. The Bertz CT molecular complexity index is 433. The number of halogens is 1. The fraction of sp³-hybridized carbons (Fsp3) is 0.500. The smallest absolute Gasteiger partial charge is 0.251 e. The molecule has 4 nitrogen and oxygen atoms in total. The number of hydrogen-bond acceptors (Lipinski definition) is 3. The number of nitrogens with one attached hydrogen (secondary N) is 1. The number of aliphatic hydroxyl groups is 1. The van der Waals surface area contributed by atoms with Crippen molar-refractivity contribution >= 4 is 23.2 Å². The van der Waals surface area contributed by atoms with Gasteiger partial charge in [0.2, 0.25) is 0 Å². The number of carbonyl (C=O) groups excluding carboxylic acids is 1. The molecule has 1 unspecified atom stereocenters. The molecule has 1 rings (SSSR count). The Morgan fingerprint density at radius 2 is 2.05 bits per heavy atom. The van der Waals surface area contributed by atoms with E-state index in [1.54, 1.807) is 12.1 Å². The van der Waals surface area contributed by atoms with Crippen LogP contribution in [-0.2, 0) is 0 Å². The Kier molecular flexibility index (Phi) is 6.12. The molecule has 0 fully saturated rings. The van der Waals surface area contributed by atoms with Crippen LogP contribution in [0.25, 0.3) is 0 Å². The fourth-order valence-electron chi connectivity index (χ4n) is 1.98. The Balaban J connectivity index is 2.58. The lowest BCUT2D eigenvalue weighted by molar-refractivity contribution is 0.0816. The van der Waals surface area contributed by atoms with Crippen LogP contribution in [-0.4, -0.2) is 23.7 Å². The lowest BCUT2D eigenvalue weighted by Crippen LogP contribution is -2.36. The molecule has 0 bridgehead atoms. The predicted octanol–water partition coefficient (Wildman–Crippen LogP) is 2.45. The van der Waals surface area contributed by atoms with Crippen molar-refractivity contribution in [3.8, 4) is 0 Å². The van der Waals surface area contributed by atoms with Crippen molar-refractivity contribution in [3.05, 3.63) is 28.8 Å². The lowest BCUT2D eigenvalue weighted by atomic mass is 9.96. The van der Waals surface area contributed by atoms with Crippen molar-refractivity contribution in [1.29, 1.82) is 0 Å². The van der Waals surface area contributed by atoms with Crippen LogP contribution in [0.3, 0.4) is 0 Å². The Morgan fingerprint density at radius 3 is 2.58 bits per heavy atom. The quantitative estimate of drug-likeness (QED) is 0.702. The first-order valence-corrected chi connectivity index (χ1v) is 6.88. The van der Waals surface area contributed by atoms with Gasteiger partial charge in [0.25, 0.3) is 5.91 Å². The summed E-state index contributed by atoms with van der Waals surface area (Å²) in [6.45, 7) is 4.30. The van der Waals surface area contributed by atoms with Crippen molar-refractivity contribution in [1.82, 2.24) is 5.32 Å². The summed E-state index contributed by atoms with van der Waals surface area (Å²) >= 11 is 5.80. The molecule has 5 heteroatoms. The van der Waals surface area contributed by atoms with E-state index in [1.165, 1.54) is 6.07 Å². The van der Waals surface area contributed by atoms with Gasteiger partial charge in [0.1, 0.15) is 0 Å². The summed E-state index contributed by atoms with van der Waals surface area (Å²) < 4.78 is 0. The summed E-state index contributed by atoms with van der Waals surface area (Å²) in [7, 11) is 0. The van der Waals surface area contributed by atoms with Crippen molar-refractivity contribution in [2.75, 3.05) is 12.3 Å². The molecule has 0 saturated heterocycles. The molecule has 0 aliphatic rings. The third-order valence-electron chi connectivity index (χ3n) is 3.32. The van der Waals surface area contributed by atoms with Crippen LogP contribution in [0.5, 0.6) is 0 Å². The van der Waals surface area contributed by atoms with Gasteiger partial charge in [0.15, 0.2) is 0 Å². The maximum absolute atomic E-state index is 11.9. The molecule has 0 aliphatic heterocycles. The Morgan fingerprint density at radius 1 is 1.42 bits per heavy atom. The van der Waals surface area contributed by atoms with E-state index in [2.05, 4.69) is 5.32 Å². The van der Waals surface area contributed by atoms with Crippen LogP contribution < -0.4 is 11.1 Å². The minimum Gasteiger partial charge on any atom is -0.398 e. The highest BCUT2D eigenvalue weighted by Crippen LogP contribution is 2.19. The summed E-state index contributed by atoms with van der Waals surface area (Å²) in [5.41, 5.74) is 6.46. The Labute approximate surface area is 118 Å². The molecule has 0 saturated carbocycles. The summed E-state index contributed by atoms with van der Waals surface area (Å²) in [4.78, 5) is 11.9. The summed E-state index contributed by atoms with van der Waals surface area (Å²) in [6.07, 6.45) is 1.26. The van der Waals surface area contributed by atoms with Gasteiger partial charge in [-0.05, 0) is 24.1 Å². The van der Waals surface area contributed by atoms with E-state index in [4.69, 9.17) is 17.3 Å². The van der Waals surface area contributed by atoms with E-state index in [0.29, 0.717) is 16.3 Å². The first kappa shape index (κ1) is 15.8. The topological polar surface area (TPSA) is 75.3 Å². The highest BCUT2D eigenvalue weighted by Gasteiger charge is 2.16. The third-order valence-corrected chi connectivity index (χ3v) is 3.67. The van der Waals surface area contributed by atoms with Crippen molar-refractivity contribution in [2.45, 2.75) is 32.8 Å². The average Bonchev–Trinajstić information content (AvgIpc) is 2.40.